The smallest absolute Gasteiger partial charge is 0.232 e. The molecular formula is C15H20BrNO2S. The number of halogens is 1. The standard InChI is InChI=1S/C15H20BrNO2S/c1-10-5-12(16)3-4-14(10)20-9-15(19)17(2)8-11-6-13(18)7-11/h3-5,11,13,18H,6-9H2,1-2H3. The lowest BCUT2D eigenvalue weighted by molar-refractivity contribution is -0.128. The molecule has 1 N–H and O–H groups in total. The van der Waals surface area contributed by atoms with Gasteiger partial charge in [-0.2, -0.15) is 0 Å². The summed E-state index contributed by atoms with van der Waals surface area (Å²) in [5.74, 6) is 1.09. The predicted octanol–water partition coefficient (Wildman–Crippen LogP) is 3.08. The van der Waals surface area contributed by atoms with Crippen LogP contribution in [0.15, 0.2) is 27.6 Å². The number of hydrogen-bond acceptors (Lipinski definition) is 3. The number of aryl methyl sites for hydroxylation is 1. The van der Waals surface area contributed by atoms with Crippen LogP contribution in [-0.2, 0) is 4.79 Å². The van der Waals surface area contributed by atoms with Crippen molar-refractivity contribution >= 4 is 33.6 Å². The first-order chi connectivity index (χ1) is 9.45. The Labute approximate surface area is 132 Å². The van der Waals surface area contributed by atoms with E-state index < -0.39 is 0 Å². The molecule has 0 atom stereocenters. The molecule has 0 bridgehead atoms. The third-order valence-corrected chi connectivity index (χ3v) is 5.31. The van der Waals surface area contributed by atoms with Crippen molar-refractivity contribution in [3.63, 3.8) is 0 Å². The van der Waals surface area contributed by atoms with Crippen molar-refractivity contribution in [1.29, 1.82) is 0 Å². The van der Waals surface area contributed by atoms with Crippen molar-refractivity contribution in [3.05, 3.63) is 28.2 Å². The molecule has 1 aliphatic rings. The average molecular weight is 358 g/mol. The number of hydrogen-bond donors (Lipinski definition) is 1. The third kappa shape index (κ3) is 4.24. The van der Waals surface area contributed by atoms with E-state index in [1.54, 1.807) is 16.7 Å². The number of aliphatic hydroxyl groups excluding tert-OH is 1. The van der Waals surface area contributed by atoms with Gasteiger partial charge in [0.2, 0.25) is 5.91 Å². The van der Waals surface area contributed by atoms with Crippen LogP contribution in [0.4, 0.5) is 0 Å². The van der Waals surface area contributed by atoms with Gasteiger partial charge in [0.05, 0.1) is 11.9 Å². The second kappa shape index (κ2) is 6.96. The number of carbonyl (C=O) groups is 1. The lowest BCUT2D eigenvalue weighted by Crippen LogP contribution is -2.40. The molecule has 110 valence electrons. The highest BCUT2D eigenvalue weighted by atomic mass is 79.9. The van der Waals surface area contributed by atoms with Crippen LogP contribution in [0.2, 0.25) is 0 Å². The summed E-state index contributed by atoms with van der Waals surface area (Å²) < 4.78 is 1.06. The second-order valence-electron chi connectivity index (χ2n) is 5.46. The molecule has 2 rings (SSSR count). The van der Waals surface area contributed by atoms with E-state index in [9.17, 15) is 9.90 Å². The molecule has 1 aromatic carbocycles. The fourth-order valence-corrected chi connectivity index (χ4v) is 3.79. The summed E-state index contributed by atoms with van der Waals surface area (Å²) in [6.07, 6.45) is 1.51. The Balaban J connectivity index is 1.79. The fourth-order valence-electron chi connectivity index (χ4n) is 2.36. The molecule has 1 amide bonds. The monoisotopic (exact) mass is 357 g/mol. The van der Waals surface area contributed by atoms with Gasteiger partial charge in [-0.25, -0.2) is 0 Å². The molecule has 0 aromatic heterocycles. The molecule has 1 aliphatic carbocycles. The first kappa shape index (κ1) is 15.9. The van der Waals surface area contributed by atoms with E-state index in [2.05, 4.69) is 28.9 Å². The summed E-state index contributed by atoms with van der Waals surface area (Å²) in [6.45, 7) is 2.81. The maximum absolute atomic E-state index is 12.1. The Morgan fingerprint density at radius 1 is 1.50 bits per heavy atom. The molecule has 20 heavy (non-hydrogen) atoms. The fraction of sp³-hybridized carbons (Fsp3) is 0.533. The van der Waals surface area contributed by atoms with Crippen LogP contribution in [0, 0.1) is 12.8 Å². The molecule has 5 heteroatoms. The Bertz CT molecular complexity index is 489. The highest BCUT2D eigenvalue weighted by Crippen LogP contribution is 2.28. The summed E-state index contributed by atoms with van der Waals surface area (Å²) in [5, 5.41) is 9.26. The number of benzene rings is 1. The number of nitrogens with zero attached hydrogens (tertiary/aromatic N) is 1. The minimum Gasteiger partial charge on any atom is -0.393 e. The van der Waals surface area contributed by atoms with Gasteiger partial charge in [0.25, 0.3) is 0 Å². The van der Waals surface area contributed by atoms with Gasteiger partial charge in [0.1, 0.15) is 0 Å². The van der Waals surface area contributed by atoms with Crippen molar-refractivity contribution in [2.24, 2.45) is 5.92 Å². The molecule has 0 spiro atoms. The van der Waals surface area contributed by atoms with Crippen molar-refractivity contribution in [2.75, 3.05) is 19.3 Å². The van der Waals surface area contributed by atoms with Gasteiger partial charge < -0.3 is 10.0 Å². The van der Waals surface area contributed by atoms with E-state index in [0.29, 0.717) is 11.7 Å². The summed E-state index contributed by atoms with van der Waals surface area (Å²) in [5.41, 5.74) is 1.18. The maximum atomic E-state index is 12.1. The number of amides is 1. The summed E-state index contributed by atoms with van der Waals surface area (Å²) in [6, 6.07) is 6.10. The lowest BCUT2D eigenvalue weighted by Gasteiger charge is -2.34. The van der Waals surface area contributed by atoms with E-state index >= 15 is 0 Å². The van der Waals surface area contributed by atoms with Crippen molar-refractivity contribution < 1.29 is 9.90 Å². The topological polar surface area (TPSA) is 40.5 Å². The highest BCUT2D eigenvalue weighted by molar-refractivity contribution is 9.10. The van der Waals surface area contributed by atoms with Crippen LogP contribution >= 0.6 is 27.7 Å². The normalized spacial score (nSPS) is 21.4. The van der Waals surface area contributed by atoms with E-state index in [0.717, 1.165) is 28.8 Å². The highest BCUT2D eigenvalue weighted by Gasteiger charge is 2.28. The molecule has 1 saturated carbocycles. The number of carbonyl (C=O) groups excluding carboxylic acids is 1. The number of rotatable bonds is 5. The first-order valence-corrected chi connectivity index (χ1v) is 8.54. The second-order valence-corrected chi connectivity index (χ2v) is 7.40. The molecule has 0 unspecified atom stereocenters. The summed E-state index contributed by atoms with van der Waals surface area (Å²) in [4.78, 5) is 15.0. The van der Waals surface area contributed by atoms with Gasteiger partial charge in [0, 0.05) is 23.0 Å². The lowest BCUT2D eigenvalue weighted by atomic mass is 9.82. The van der Waals surface area contributed by atoms with Crippen LogP contribution in [0.1, 0.15) is 18.4 Å². The Morgan fingerprint density at radius 3 is 2.80 bits per heavy atom. The third-order valence-electron chi connectivity index (χ3n) is 3.66. The van der Waals surface area contributed by atoms with Crippen molar-refractivity contribution in [2.45, 2.75) is 30.8 Å². The largest absolute Gasteiger partial charge is 0.393 e. The minimum absolute atomic E-state index is 0.150. The van der Waals surface area contributed by atoms with Crippen LogP contribution in [0.5, 0.6) is 0 Å². The van der Waals surface area contributed by atoms with E-state index in [4.69, 9.17) is 0 Å². The summed E-state index contributed by atoms with van der Waals surface area (Å²) in [7, 11) is 1.85. The molecule has 0 saturated heterocycles. The van der Waals surface area contributed by atoms with Gasteiger partial charge in [-0.1, -0.05) is 15.9 Å². The van der Waals surface area contributed by atoms with Crippen LogP contribution in [0.3, 0.4) is 0 Å². The molecule has 3 nitrogen and oxygen atoms in total. The molecule has 0 aliphatic heterocycles. The minimum atomic E-state index is -0.150. The molecule has 1 aromatic rings. The number of thioether (sulfide) groups is 1. The van der Waals surface area contributed by atoms with E-state index in [1.165, 1.54) is 5.56 Å². The number of aliphatic hydroxyl groups is 1. The molecule has 1 fully saturated rings. The molecular weight excluding hydrogens is 338 g/mol. The summed E-state index contributed by atoms with van der Waals surface area (Å²) >= 11 is 5.02. The first-order valence-electron chi connectivity index (χ1n) is 6.76. The van der Waals surface area contributed by atoms with Crippen molar-refractivity contribution in [3.8, 4) is 0 Å². The maximum Gasteiger partial charge on any atom is 0.232 e. The Morgan fingerprint density at radius 2 is 2.20 bits per heavy atom. The van der Waals surface area contributed by atoms with Crippen molar-refractivity contribution in [1.82, 2.24) is 4.90 Å². The SMILES string of the molecule is Cc1cc(Br)ccc1SCC(=O)N(C)CC1CC(O)C1. The quantitative estimate of drug-likeness (QED) is 0.823. The zero-order chi connectivity index (χ0) is 14.7. The van der Waals surface area contributed by atoms with Crippen LogP contribution < -0.4 is 0 Å². The zero-order valence-electron chi connectivity index (χ0n) is 11.8. The van der Waals surface area contributed by atoms with Gasteiger partial charge in [-0.15, -0.1) is 11.8 Å². The van der Waals surface area contributed by atoms with E-state index in [-0.39, 0.29) is 12.0 Å². The Kier molecular flexibility index (Phi) is 5.52. The Hall–Kier alpha value is -0.520. The predicted molar refractivity (Wildman–Crippen MR) is 86.0 cm³/mol. The van der Waals surface area contributed by atoms with Gasteiger partial charge in [0.15, 0.2) is 0 Å². The van der Waals surface area contributed by atoms with Gasteiger partial charge in [-0.05, 0) is 49.4 Å². The van der Waals surface area contributed by atoms with E-state index in [1.807, 2.05) is 19.2 Å². The molecule has 0 radical (unpaired) electrons. The van der Waals surface area contributed by atoms with Gasteiger partial charge in [-0.3, -0.25) is 4.79 Å². The van der Waals surface area contributed by atoms with Gasteiger partial charge >= 0.3 is 0 Å². The molecule has 0 heterocycles. The van der Waals surface area contributed by atoms with Crippen LogP contribution in [-0.4, -0.2) is 41.4 Å². The average Bonchev–Trinajstić information content (AvgIpc) is 2.35. The van der Waals surface area contributed by atoms with Crippen LogP contribution in [0.25, 0.3) is 0 Å². The zero-order valence-corrected chi connectivity index (χ0v) is 14.2.